The van der Waals surface area contributed by atoms with Gasteiger partial charge < -0.3 is 5.32 Å². The summed E-state index contributed by atoms with van der Waals surface area (Å²) in [5.74, 6) is 0.308. The van der Waals surface area contributed by atoms with Crippen LogP contribution in [0.4, 0.5) is 0 Å². The van der Waals surface area contributed by atoms with Crippen LogP contribution in [0, 0.1) is 0 Å². The summed E-state index contributed by atoms with van der Waals surface area (Å²) in [6.45, 7) is 0.945. The third-order valence-corrected chi connectivity index (χ3v) is 5.42. The van der Waals surface area contributed by atoms with E-state index in [1.807, 2.05) is 7.05 Å². The molecule has 1 amide bonds. The summed E-state index contributed by atoms with van der Waals surface area (Å²) in [5, 5.41) is 2.87. The average molecular weight is 260 g/mol. The van der Waals surface area contributed by atoms with Crippen molar-refractivity contribution in [2.24, 2.45) is 0 Å². The summed E-state index contributed by atoms with van der Waals surface area (Å²) in [7, 11) is -0.960. The summed E-state index contributed by atoms with van der Waals surface area (Å²) in [6.07, 6.45) is 3.65. The van der Waals surface area contributed by atoms with Crippen LogP contribution in [0.2, 0.25) is 0 Å². The molecule has 0 aliphatic carbocycles. The Labute approximate surface area is 102 Å². The molecule has 2 aliphatic heterocycles. The summed E-state index contributed by atoms with van der Waals surface area (Å²) >= 11 is 0. The van der Waals surface area contributed by atoms with E-state index in [0.717, 1.165) is 25.8 Å². The van der Waals surface area contributed by atoms with Gasteiger partial charge in [0, 0.05) is 6.04 Å². The molecule has 0 aromatic carbocycles. The third kappa shape index (κ3) is 3.19. The molecule has 0 radical (unpaired) electrons. The second-order valence-corrected chi connectivity index (χ2v) is 7.33. The van der Waals surface area contributed by atoms with E-state index < -0.39 is 9.84 Å². The van der Waals surface area contributed by atoms with E-state index in [2.05, 4.69) is 10.2 Å². The minimum atomic E-state index is -2.91. The molecule has 2 heterocycles. The van der Waals surface area contributed by atoms with Crippen LogP contribution in [0.25, 0.3) is 0 Å². The molecule has 2 aliphatic rings. The first-order valence-electron chi connectivity index (χ1n) is 6.19. The van der Waals surface area contributed by atoms with Crippen molar-refractivity contribution in [3.63, 3.8) is 0 Å². The Morgan fingerprint density at radius 2 is 2.06 bits per heavy atom. The Morgan fingerprint density at radius 3 is 2.65 bits per heavy atom. The number of piperidine rings is 1. The summed E-state index contributed by atoms with van der Waals surface area (Å²) in [5.41, 5.74) is 0. The molecule has 0 aromatic rings. The predicted octanol–water partition coefficient (Wildman–Crippen LogP) is -0.226. The Balaban J connectivity index is 1.89. The predicted molar refractivity (Wildman–Crippen MR) is 65.5 cm³/mol. The molecule has 5 nitrogen and oxygen atoms in total. The van der Waals surface area contributed by atoms with E-state index in [-0.39, 0.29) is 29.5 Å². The molecule has 6 heteroatoms. The molecule has 17 heavy (non-hydrogen) atoms. The van der Waals surface area contributed by atoms with Crippen LogP contribution in [0.3, 0.4) is 0 Å². The quantitative estimate of drug-likeness (QED) is 0.745. The third-order valence-electron chi connectivity index (χ3n) is 3.65. The van der Waals surface area contributed by atoms with Gasteiger partial charge >= 0.3 is 0 Å². The zero-order valence-corrected chi connectivity index (χ0v) is 11.0. The number of likely N-dealkylation sites (tertiary alicyclic amines) is 1. The number of sulfone groups is 1. The van der Waals surface area contributed by atoms with Crippen LogP contribution in [0.5, 0.6) is 0 Å². The number of likely N-dealkylation sites (N-methyl/N-ethyl adjacent to an activating group) is 1. The number of hydrogen-bond acceptors (Lipinski definition) is 4. The molecule has 0 bridgehead atoms. The van der Waals surface area contributed by atoms with Crippen LogP contribution in [0.1, 0.15) is 25.7 Å². The lowest BCUT2D eigenvalue weighted by atomic mass is 10.0. The molecule has 1 N–H and O–H groups in total. The zero-order chi connectivity index (χ0) is 12.5. The van der Waals surface area contributed by atoms with Gasteiger partial charge in [-0.05, 0) is 32.9 Å². The zero-order valence-electron chi connectivity index (χ0n) is 10.2. The van der Waals surface area contributed by atoms with Crippen LogP contribution in [0.15, 0.2) is 0 Å². The fourth-order valence-electron chi connectivity index (χ4n) is 2.61. The van der Waals surface area contributed by atoms with Crippen molar-refractivity contribution in [2.75, 3.05) is 25.1 Å². The summed E-state index contributed by atoms with van der Waals surface area (Å²) < 4.78 is 22.6. The minimum absolute atomic E-state index is 0.00528. The molecular formula is C11H20N2O3S. The molecule has 0 aromatic heterocycles. The van der Waals surface area contributed by atoms with Gasteiger partial charge in [-0.3, -0.25) is 9.69 Å². The number of rotatable bonds is 2. The van der Waals surface area contributed by atoms with Gasteiger partial charge in [-0.25, -0.2) is 8.42 Å². The van der Waals surface area contributed by atoms with Gasteiger partial charge in [-0.15, -0.1) is 0 Å². The van der Waals surface area contributed by atoms with Crippen molar-refractivity contribution in [3.05, 3.63) is 0 Å². The topological polar surface area (TPSA) is 66.5 Å². The SMILES string of the molecule is CN1CCCCC1C(=O)NC1CCS(=O)(=O)C1. The summed E-state index contributed by atoms with van der Waals surface area (Å²) in [6, 6.07) is -0.255. The van der Waals surface area contributed by atoms with Gasteiger partial charge in [0.2, 0.25) is 5.91 Å². The van der Waals surface area contributed by atoms with E-state index >= 15 is 0 Å². The first-order valence-corrected chi connectivity index (χ1v) is 8.01. The van der Waals surface area contributed by atoms with Gasteiger partial charge in [0.15, 0.2) is 9.84 Å². The van der Waals surface area contributed by atoms with Crippen LogP contribution < -0.4 is 5.32 Å². The van der Waals surface area contributed by atoms with E-state index in [1.54, 1.807) is 0 Å². The molecule has 2 fully saturated rings. The van der Waals surface area contributed by atoms with Gasteiger partial charge in [-0.1, -0.05) is 6.42 Å². The Kier molecular flexibility index (Phi) is 3.73. The molecule has 2 rings (SSSR count). The first-order chi connectivity index (χ1) is 7.98. The average Bonchev–Trinajstić information content (AvgIpc) is 2.58. The second kappa shape index (κ2) is 4.94. The standard InChI is InChI=1S/C11H20N2O3S/c1-13-6-3-2-4-10(13)11(14)12-9-5-7-17(15,16)8-9/h9-10H,2-8H2,1H3,(H,12,14). The van der Waals surface area contributed by atoms with Crippen molar-refractivity contribution in [1.82, 2.24) is 10.2 Å². The molecule has 2 saturated heterocycles. The normalized spacial score (nSPS) is 33.5. The molecule has 98 valence electrons. The highest BCUT2D eigenvalue weighted by Gasteiger charge is 2.32. The van der Waals surface area contributed by atoms with Crippen molar-refractivity contribution in [3.8, 4) is 0 Å². The van der Waals surface area contributed by atoms with Gasteiger partial charge in [0.05, 0.1) is 17.5 Å². The maximum atomic E-state index is 12.0. The van der Waals surface area contributed by atoms with Gasteiger partial charge in [0.25, 0.3) is 0 Å². The molecular weight excluding hydrogens is 240 g/mol. The fourth-order valence-corrected chi connectivity index (χ4v) is 4.29. The van der Waals surface area contributed by atoms with Crippen molar-refractivity contribution in [2.45, 2.75) is 37.8 Å². The summed E-state index contributed by atoms with van der Waals surface area (Å²) in [4.78, 5) is 14.1. The van der Waals surface area contributed by atoms with E-state index in [1.165, 1.54) is 0 Å². The molecule has 2 atom stereocenters. The Morgan fingerprint density at radius 1 is 1.29 bits per heavy atom. The Hall–Kier alpha value is -0.620. The monoisotopic (exact) mass is 260 g/mol. The number of nitrogens with zero attached hydrogens (tertiary/aromatic N) is 1. The van der Waals surface area contributed by atoms with E-state index in [4.69, 9.17) is 0 Å². The molecule has 0 saturated carbocycles. The number of hydrogen-bond donors (Lipinski definition) is 1. The van der Waals surface area contributed by atoms with Gasteiger partial charge in [0.1, 0.15) is 0 Å². The number of nitrogens with one attached hydrogen (secondary N) is 1. The lowest BCUT2D eigenvalue weighted by Gasteiger charge is -2.31. The smallest absolute Gasteiger partial charge is 0.237 e. The van der Waals surface area contributed by atoms with Crippen LogP contribution in [-0.2, 0) is 14.6 Å². The lowest BCUT2D eigenvalue weighted by molar-refractivity contribution is -0.127. The van der Waals surface area contributed by atoms with E-state index in [9.17, 15) is 13.2 Å². The second-order valence-electron chi connectivity index (χ2n) is 5.10. The van der Waals surface area contributed by atoms with Crippen LogP contribution in [-0.4, -0.2) is 56.4 Å². The molecule has 2 unspecified atom stereocenters. The maximum absolute atomic E-state index is 12.0. The first kappa shape index (κ1) is 12.8. The highest BCUT2D eigenvalue weighted by molar-refractivity contribution is 7.91. The highest BCUT2D eigenvalue weighted by Crippen LogP contribution is 2.17. The highest BCUT2D eigenvalue weighted by atomic mass is 32.2. The van der Waals surface area contributed by atoms with Crippen molar-refractivity contribution in [1.29, 1.82) is 0 Å². The van der Waals surface area contributed by atoms with E-state index in [0.29, 0.717) is 6.42 Å². The number of carbonyl (C=O) groups is 1. The van der Waals surface area contributed by atoms with Crippen molar-refractivity contribution < 1.29 is 13.2 Å². The number of carbonyl (C=O) groups excluding carboxylic acids is 1. The maximum Gasteiger partial charge on any atom is 0.237 e. The van der Waals surface area contributed by atoms with Crippen molar-refractivity contribution >= 4 is 15.7 Å². The fraction of sp³-hybridized carbons (Fsp3) is 0.909. The van der Waals surface area contributed by atoms with Gasteiger partial charge in [-0.2, -0.15) is 0 Å². The minimum Gasteiger partial charge on any atom is -0.351 e. The Bertz CT molecular complexity index is 394. The largest absolute Gasteiger partial charge is 0.351 e. The van der Waals surface area contributed by atoms with Crippen LogP contribution >= 0.6 is 0 Å². The lowest BCUT2D eigenvalue weighted by Crippen LogP contribution is -2.50. The molecule has 0 spiro atoms. The number of amides is 1.